The molecule has 0 heterocycles. The summed E-state index contributed by atoms with van der Waals surface area (Å²) in [7, 11) is -0.0166. The van der Waals surface area contributed by atoms with E-state index >= 15 is 0 Å². The number of unbranched alkanes of at least 4 members (excludes halogenated alkanes) is 7. The van der Waals surface area contributed by atoms with E-state index in [9.17, 15) is 0 Å². The second-order valence-corrected chi connectivity index (χ2v) is 8.38. The van der Waals surface area contributed by atoms with Crippen LogP contribution < -0.4 is 0 Å². The first-order valence-electron chi connectivity index (χ1n) is 6.98. The zero-order valence-electron chi connectivity index (χ0n) is 11.4. The predicted molar refractivity (Wildman–Crippen MR) is 74.1 cm³/mol. The van der Waals surface area contributed by atoms with Crippen LogP contribution in [0, 0.1) is 0 Å². The average molecular weight is 227 g/mol. The van der Waals surface area contributed by atoms with Gasteiger partial charge in [0.25, 0.3) is 0 Å². The van der Waals surface area contributed by atoms with Crippen LogP contribution in [-0.2, 0) is 0 Å². The molecule has 0 saturated carbocycles. The summed E-state index contributed by atoms with van der Waals surface area (Å²) in [5.74, 6) is 0. The highest BCUT2D eigenvalue weighted by Crippen LogP contribution is 2.19. The lowest BCUT2D eigenvalue weighted by Gasteiger charge is -2.13. The Morgan fingerprint density at radius 3 is 1.73 bits per heavy atom. The van der Waals surface area contributed by atoms with Crippen molar-refractivity contribution in [2.75, 3.05) is 0 Å². The zero-order valence-corrected chi connectivity index (χ0v) is 12.4. The van der Waals surface area contributed by atoms with Gasteiger partial charge in [0.05, 0.1) is 0 Å². The molecular formula is C14H31Si. The second-order valence-electron chi connectivity index (χ2n) is 5.24. The third-order valence-corrected chi connectivity index (χ3v) is 5.74. The summed E-state index contributed by atoms with van der Waals surface area (Å²) < 4.78 is 0. The van der Waals surface area contributed by atoms with E-state index in [1.807, 2.05) is 0 Å². The summed E-state index contributed by atoms with van der Waals surface area (Å²) >= 11 is 0. The molecule has 91 valence electrons. The topological polar surface area (TPSA) is 0 Å². The van der Waals surface area contributed by atoms with Gasteiger partial charge in [0.2, 0.25) is 0 Å². The summed E-state index contributed by atoms with van der Waals surface area (Å²) in [4.78, 5) is 0. The lowest BCUT2D eigenvalue weighted by molar-refractivity contribution is 0.560. The largest absolute Gasteiger partial charge is 0.0711 e. The van der Waals surface area contributed by atoms with E-state index in [0.29, 0.717) is 0 Å². The Hall–Kier alpha value is 0.217. The predicted octanol–water partition coefficient (Wildman–Crippen LogP) is 5.66. The maximum absolute atomic E-state index is 2.44. The van der Waals surface area contributed by atoms with Crippen LogP contribution in [0.2, 0.25) is 18.6 Å². The molecular weight excluding hydrogens is 196 g/mol. The summed E-state index contributed by atoms with van der Waals surface area (Å²) in [6.07, 6.45) is 13.1. The van der Waals surface area contributed by atoms with E-state index in [2.05, 4.69) is 26.9 Å². The molecule has 0 aliphatic rings. The highest BCUT2D eigenvalue weighted by molar-refractivity contribution is 6.57. The van der Waals surface area contributed by atoms with Gasteiger partial charge >= 0.3 is 0 Å². The zero-order chi connectivity index (χ0) is 11.5. The molecule has 0 N–H and O–H groups in total. The fraction of sp³-hybridized carbons (Fsp3) is 1.00. The molecule has 0 spiro atoms. The molecule has 0 fully saturated rings. The molecule has 1 unspecified atom stereocenters. The van der Waals surface area contributed by atoms with Crippen LogP contribution in [0.5, 0.6) is 0 Å². The van der Waals surface area contributed by atoms with E-state index in [0.717, 1.165) is 5.54 Å². The SMILES string of the molecule is CCCCCCCCCCC(C)[Si](C)C. The number of rotatable bonds is 10. The van der Waals surface area contributed by atoms with Gasteiger partial charge < -0.3 is 0 Å². The van der Waals surface area contributed by atoms with Gasteiger partial charge in [-0.3, -0.25) is 0 Å². The molecule has 0 aliphatic carbocycles. The van der Waals surface area contributed by atoms with Crippen LogP contribution in [0.3, 0.4) is 0 Å². The molecule has 0 saturated heterocycles. The Morgan fingerprint density at radius 2 is 1.27 bits per heavy atom. The maximum atomic E-state index is 2.44. The molecule has 1 heteroatoms. The molecule has 0 rings (SSSR count). The molecule has 0 aliphatic heterocycles. The third-order valence-electron chi connectivity index (χ3n) is 3.48. The quantitative estimate of drug-likeness (QED) is 0.333. The van der Waals surface area contributed by atoms with E-state index in [1.165, 1.54) is 57.8 Å². The minimum atomic E-state index is -0.0166. The fourth-order valence-corrected chi connectivity index (χ4v) is 2.65. The van der Waals surface area contributed by atoms with Crippen LogP contribution in [0.15, 0.2) is 0 Å². The minimum absolute atomic E-state index is 0.0166. The van der Waals surface area contributed by atoms with Gasteiger partial charge in [-0.2, -0.15) is 0 Å². The van der Waals surface area contributed by atoms with Crippen molar-refractivity contribution in [2.24, 2.45) is 0 Å². The lowest BCUT2D eigenvalue weighted by Crippen LogP contribution is -2.08. The van der Waals surface area contributed by atoms with E-state index in [1.54, 1.807) is 0 Å². The first-order valence-corrected chi connectivity index (χ1v) is 9.56. The van der Waals surface area contributed by atoms with Crippen LogP contribution in [0.4, 0.5) is 0 Å². The summed E-state index contributed by atoms with van der Waals surface area (Å²) in [6.45, 7) is 9.62. The molecule has 0 aromatic heterocycles. The molecule has 0 bridgehead atoms. The van der Waals surface area contributed by atoms with E-state index < -0.39 is 0 Å². The Balaban J connectivity index is 3.05. The summed E-state index contributed by atoms with van der Waals surface area (Å²) in [5, 5.41) is 0. The first kappa shape index (κ1) is 15.2. The maximum Gasteiger partial charge on any atom is 0.0443 e. The molecule has 1 atom stereocenters. The number of hydrogen-bond donors (Lipinski definition) is 0. The smallest absolute Gasteiger partial charge is 0.0443 e. The summed E-state index contributed by atoms with van der Waals surface area (Å²) in [6, 6.07) is 0. The molecule has 1 radical (unpaired) electrons. The normalized spacial score (nSPS) is 13.4. The van der Waals surface area contributed by atoms with E-state index in [4.69, 9.17) is 0 Å². The Labute approximate surface area is 99.5 Å². The third kappa shape index (κ3) is 10.5. The molecule has 0 amide bonds. The highest BCUT2D eigenvalue weighted by Gasteiger charge is 2.07. The van der Waals surface area contributed by atoms with Crippen LogP contribution >= 0.6 is 0 Å². The second kappa shape index (κ2) is 10.7. The van der Waals surface area contributed by atoms with Crippen molar-refractivity contribution in [3.05, 3.63) is 0 Å². The Bertz CT molecular complexity index is 121. The van der Waals surface area contributed by atoms with Gasteiger partial charge in [0.1, 0.15) is 0 Å². The first-order chi connectivity index (χ1) is 7.18. The van der Waals surface area contributed by atoms with Gasteiger partial charge in [0.15, 0.2) is 0 Å². The minimum Gasteiger partial charge on any atom is -0.0711 e. The van der Waals surface area contributed by atoms with Crippen LogP contribution in [0.1, 0.15) is 71.6 Å². The van der Waals surface area contributed by atoms with E-state index in [-0.39, 0.29) is 8.80 Å². The average Bonchev–Trinajstić information content (AvgIpc) is 2.21. The molecule has 0 aromatic carbocycles. The van der Waals surface area contributed by atoms with Crippen molar-refractivity contribution in [3.63, 3.8) is 0 Å². The lowest BCUT2D eigenvalue weighted by atomic mass is 10.1. The molecule has 15 heavy (non-hydrogen) atoms. The van der Waals surface area contributed by atoms with Gasteiger partial charge in [-0.1, -0.05) is 90.3 Å². The Kier molecular flexibility index (Phi) is 10.9. The monoisotopic (exact) mass is 227 g/mol. The van der Waals surface area contributed by atoms with Crippen molar-refractivity contribution in [2.45, 2.75) is 90.3 Å². The number of hydrogen-bond acceptors (Lipinski definition) is 0. The summed E-state index contributed by atoms with van der Waals surface area (Å²) in [5.41, 5.74) is 1.02. The van der Waals surface area contributed by atoms with Crippen molar-refractivity contribution in [1.82, 2.24) is 0 Å². The van der Waals surface area contributed by atoms with Gasteiger partial charge in [0, 0.05) is 8.80 Å². The van der Waals surface area contributed by atoms with Gasteiger partial charge in [-0.15, -0.1) is 0 Å². The van der Waals surface area contributed by atoms with Gasteiger partial charge in [-0.25, -0.2) is 0 Å². The van der Waals surface area contributed by atoms with Crippen molar-refractivity contribution in [3.8, 4) is 0 Å². The fourth-order valence-electron chi connectivity index (χ4n) is 1.87. The Morgan fingerprint density at radius 1 is 0.800 bits per heavy atom. The molecule has 0 nitrogen and oxygen atoms in total. The van der Waals surface area contributed by atoms with Crippen molar-refractivity contribution in [1.29, 1.82) is 0 Å². The van der Waals surface area contributed by atoms with Crippen LogP contribution in [-0.4, -0.2) is 8.80 Å². The van der Waals surface area contributed by atoms with Gasteiger partial charge in [-0.05, 0) is 0 Å². The van der Waals surface area contributed by atoms with Crippen molar-refractivity contribution >= 4 is 8.80 Å². The highest BCUT2D eigenvalue weighted by atomic mass is 28.3. The molecule has 0 aromatic rings. The standard InChI is InChI=1S/C14H31Si/c1-5-6-7-8-9-10-11-12-13-14(2)15(3)4/h14H,5-13H2,1-4H3. The van der Waals surface area contributed by atoms with Crippen molar-refractivity contribution < 1.29 is 0 Å². The van der Waals surface area contributed by atoms with Crippen LogP contribution in [0.25, 0.3) is 0 Å².